The van der Waals surface area contributed by atoms with Crippen molar-refractivity contribution in [3.8, 4) is 17.3 Å². The van der Waals surface area contributed by atoms with E-state index in [9.17, 15) is 13.2 Å². The smallest absolute Gasteiger partial charge is 0.314 e. The molecule has 3 aromatic rings. The first-order chi connectivity index (χ1) is 11.1. The van der Waals surface area contributed by atoms with Crippen molar-refractivity contribution in [2.45, 2.75) is 13.0 Å². The molecule has 0 radical (unpaired) electrons. The highest BCUT2D eigenvalue weighted by Gasteiger charge is 2.17. The summed E-state index contributed by atoms with van der Waals surface area (Å²) in [7, 11) is 0. The quantitative estimate of drug-likeness (QED) is 0.713. The zero-order chi connectivity index (χ0) is 16.2. The van der Waals surface area contributed by atoms with Crippen LogP contribution in [0.3, 0.4) is 0 Å². The van der Waals surface area contributed by atoms with Gasteiger partial charge in [0.05, 0.1) is 17.5 Å². The van der Waals surface area contributed by atoms with Gasteiger partial charge in [0.2, 0.25) is 11.7 Å². The number of nitrogens with zero attached hydrogens (tertiary/aromatic N) is 5. The normalized spacial score (nSPS) is 11.0. The van der Waals surface area contributed by atoms with Crippen molar-refractivity contribution in [3.05, 3.63) is 48.3 Å². The summed E-state index contributed by atoms with van der Waals surface area (Å²) in [5.41, 5.74) is 0.849. The molecule has 0 aliphatic heterocycles. The third-order valence-electron chi connectivity index (χ3n) is 2.69. The lowest BCUT2D eigenvalue weighted by Crippen LogP contribution is -2.01. The molecule has 0 unspecified atom stereocenters. The van der Waals surface area contributed by atoms with E-state index in [0.717, 1.165) is 12.5 Å². The molecule has 0 atom stereocenters. The Morgan fingerprint density at radius 2 is 2.00 bits per heavy atom. The summed E-state index contributed by atoms with van der Waals surface area (Å²) in [4.78, 5) is 11.2. The predicted octanol–water partition coefficient (Wildman–Crippen LogP) is 2.58. The van der Waals surface area contributed by atoms with Crippen LogP contribution in [0.4, 0.5) is 13.2 Å². The number of pyridine rings is 1. The molecule has 0 N–H and O–H groups in total. The van der Waals surface area contributed by atoms with Gasteiger partial charge in [0.1, 0.15) is 12.9 Å². The van der Waals surface area contributed by atoms with Crippen molar-refractivity contribution >= 4 is 0 Å². The third kappa shape index (κ3) is 3.42. The summed E-state index contributed by atoms with van der Waals surface area (Å²) < 4.78 is 48.0. The Morgan fingerprint density at radius 3 is 2.65 bits per heavy atom. The van der Waals surface area contributed by atoms with Crippen LogP contribution in [0.2, 0.25) is 0 Å². The fourth-order valence-corrected chi connectivity index (χ4v) is 1.63. The van der Waals surface area contributed by atoms with Crippen LogP contribution >= 0.6 is 0 Å². The molecule has 3 aromatic heterocycles. The van der Waals surface area contributed by atoms with E-state index in [1.165, 1.54) is 6.20 Å². The van der Waals surface area contributed by atoms with Crippen molar-refractivity contribution in [1.29, 1.82) is 0 Å². The van der Waals surface area contributed by atoms with Crippen LogP contribution in [-0.2, 0) is 6.61 Å². The lowest BCUT2D eigenvalue weighted by atomic mass is 10.2. The lowest BCUT2D eigenvalue weighted by Gasteiger charge is -2.05. The van der Waals surface area contributed by atoms with E-state index in [0.29, 0.717) is 11.3 Å². The second-order valence-electron chi connectivity index (χ2n) is 4.25. The van der Waals surface area contributed by atoms with Crippen molar-refractivity contribution < 1.29 is 22.3 Å². The Morgan fingerprint density at radius 1 is 1.13 bits per heavy atom. The molecule has 0 aromatic carbocycles. The number of aromatic nitrogens is 5. The van der Waals surface area contributed by atoms with Crippen molar-refractivity contribution in [2.75, 3.05) is 0 Å². The maximum absolute atomic E-state index is 13.3. The van der Waals surface area contributed by atoms with E-state index in [1.807, 2.05) is 0 Å². The van der Waals surface area contributed by atoms with Crippen LogP contribution in [0.15, 0.2) is 35.3 Å². The van der Waals surface area contributed by atoms with Crippen molar-refractivity contribution in [3.63, 3.8) is 0 Å². The van der Waals surface area contributed by atoms with Gasteiger partial charge < -0.3 is 9.15 Å². The third-order valence-corrected chi connectivity index (χ3v) is 2.69. The van der Waals surface area contributed by atoms with Gasteiger partial charge in [-0.3, -0.25) is 4.98 Å². The predicted molar refractivity (Wildman–Crippen MR) is 68.8 cm³/mol. The molecule has 0 bridgehead atoms. The molecule has 10 heteroatoms. The van der Waals surface area contributed by atoms with Crippen molar-refractivity contribution in [2.24, 2.45) is 0 Å². The standard InChI is InChI=1S/C13H8F3N5O2/c14-9-4-17-6-19-12(9)22-5-8-2-1-7(3-18-8)11-20-21-13(23-11)10(15)16/h1-4,6,10H,5H2. The average Bonchev–Trinajstić information content (AvgIpc) is 3.05. The van der Waals surface area contributed by atoms with E-state index in [1.54, 1.807) is 12.1 Å². The minimum absolute atomic E-state index is 0.0274. The van der Waals surface area contributed by atoms with Crippen LogP contribution in [0, 0.1) is 5.82 Å². The van der Waals surface area contributed by atoms with Gasteiger partial charge in [0.25, 0.3) is 11.8 Å². The van der Waals surface area contributed by atoms with E-state index in [-0.39, 0.29) is 18.4 Å². The van der Waals surface area contributed by atoms with Gasteiger partial charge >= 0.3 is 6.43 Å². The zero-order valence-corrected chi connectivity index (χ0v) is 11.4. The molecule has 3 heterocycles. The topological polar surface area (TPSA) is 86.8 Å². The molecule has 7 nitrogen and oxygen atoms in total. The Labute approximate surface area is 127 Å². The van der Waals surface area contributed by atoms with E-state index in [4.69, 9.17) is 9.15 Å². The summed E-state index contributed by atoms with van der Waals surface area (Å²) in [6.07, 6.45) is 0.664. The van der Waals surface area contributed by atoms with E-state index in [2.05, 4.69) is 25.1 Å². The molecule has 3 rings (SSSR count). The Bertz CT molecular complexity index is 794. The summed E-state index contributed by atoms with van der Waals surface area (Å²) in [6.45, 7) is -0.0274. The van der Waals surface area contributed by atoms with Gasteiger partial charge in [0, 0.05) is 6.20 Å². The Balaban J connectivity index is 1.68. The number of alkyl halides is 2. The monoisotopic (exact) mass is 323 g/mol. The molecule has 0 amide bonds. The second kappa shape index (κ2) is 6.38. The highest BCUT2D eigenvalue weighted by atomic mass is 19.3. The molecule has 0 fully saturated rings. The molecule has 118 valence electrons. The van der Waals surface area contributed by atoms with Crippen LogP contribution in [-0.4, -0.2) is 25.1 Å². The molecule has 0 aliphatic rings. The average molecular weight is 323 g/mol. The van der Waals surface area contributed by atoms with Crippen LogP contribution in [0.25, 0.3) is 11.5 Å². The molecule has 0 saturated heterocycles. The first-order valence-corrected chi connectivity index (χ1v) is 6.28. The molecule has 0 aliphatic carbocycles. The highest BCUT2D eigenvalue weighted by Crippen LogP contribution is 2.22. The van der Waals surface area contributed by atoms with Crippen molar-refractivity contribution in [1.82, 2.24) is 25.1 Å². The molecular weight excluding hydrogens is 315 g/mol. The van der Waals surface area contributed by atoms with E-state index < -0.39 is 18.1 Å². The minimum atomic E-state index is -2.83. The van der Waals surface area contributed by atoms with E-state index >= 15 is 0 Å². The summed E-state index contributed by atoms with van der Waals surface area (Å²) in [5, 5.41) is 6.73. The summed E-state index contributed by atoms with van der Waals surface area (Å²) in [5.74, 6) is -1.70. The van der Waals surface area contributed by atoms with Gasteiger partial charge in [-0.25, -0.2) is 4.98 Å². The zero-order valence-electron chi connectivity index (χ0n) is 11.4. The van der Waals surface area contributed by atoms with Crippen LogP contribution < -0.4 is 4.74 Å². The first-order valence-electron chi connectivity index (χ1n) is 6.28. The highest BCUT2D eigenvalue weighted by molar-refractivity contribution is 5.50. The molecular formula is C13H8F3N5O2. The number of ether oxygens (including phenoxy) is 1. The first kappa shape index (κ1) is 14.9. The molecule has 23 heavy (non-hydrogen) atoms. The van der Waals surface area contributed by atoms with Crippen LogP contribution in [0.1, 0.15) is 18.0 Å². The fraction of sp³-hybridized carbons (Fsp3) is 0.154. The maximum atomic E-state index is 13.3. The number of hydrogen-bond donors (Lipinski definition) is 0. The summed E-state index contributed by atoms with van der Waals surface area (Å²) in [6, 6.07) is 3.10. The maximum Gasteiger partial charge on any atom is 0.314 e. The lowest BCUT2D eigenvalue weighted by molar-refractivity contribution is 0.116. The number of rotatable bonds is 5. The van der Waals surface area contributed by atoms with Gasteiger partial charge in [-0.2, -0.15) is 18.2 Å². The van der Waals surface area contributed by atoms with Gasteiger partial charge in [-0.15, -0.1) is 10.2 Å². The van der Waals surface area contributed by atoms with Crippen LogP contribution in [0.5, 0.6) is 5.88 Å². The molecule has 0 spiro atoms. The largest absolute Gasteiger partial charge is 0.469 e. The van der Waals surface area contributed by atoms with Gasteiger partial charge in [-0.1, -0.05) is 0 Å². The second-order valence-corrected chi connectivity index (χ2v) is 4.25. The fourth-order valence-electron chi connectivity index (χ4n) is 1.63. The number of halogens is 3. The number of hydrogen-bond acceptors (Lipinski definition) is 7. The Hall–Kier alpha value is -3.04. The SMILES string of the molecule is Fc1cncnc1OCc1ccc(-c2nnc(C(F)F)o2)cn1. The minimum Gasteiger partial charge on any atom is -0.469 e. The Kier molecular flexibility index (Phi) is 4.13. The van der Waals surface area contributed by atoms with Gasteiger partial charge in [0.15, 0.2) is 0 Å². The molecule has 0 saturated carbocycles. The van der Waals surface area contributed by atoms with Gasteiger partial charge in [-0.05, 0) is 12.1 Å². The summed E-state index contributed by atoms with van der Waals surface area (Å²) >= 11 is 0.